The number of nitrogens with one attached hydrogen (secondary N) is 1. The maximum atomic E-state index is 11.9. The van der Waals surface area contributed by atoms with E-state index in [9.17, 15) is 22.8 Å². The maximum Gasteiger partial charge on any atom is 0.405 e. The minimum atomic E-state index is -4.44. The van der Waals surface area contributed by atoms with Gasteiger partial charge < -0.3 is 15.0 Å². The molecule has 1 fully saturated rings. The van der Waals surface area contributed by atoms with Crippen LogP contribution in [0.4, 0.5) is 18.0 Å². The molecule has 2 amide bonds. The summed E-state index contributed by atoms with van der Waals surface area (Å²) in [4.78, 5) is 24.0. The van der Waals surface area contributed by atoms with Gasteiger partial charge in [-0.15, -0.1) is 0 Å². The number of methoxy groups -OCH3 is 1. The number of alkyl halides is 3. The zero-order valence-electron chi connectivity index (χ0n) is 9.92. The molecule has 1 N–H and O–H groups in total. The standard InChI is InChI=1S/C10H15F3N2O3/c1-18-8(16)7-3-2-4-15(5-7)9(17)14-6-10(11,12)13/h7H,2-6H2,1H3,(H,14,17)/t7-/m0/s1. The monoisotopic (exact) mass is 268 g/mol. The number of piperidine rings is 1. The average molecular weight is 268 g/mol. The molecule has 0 unspecified atom stereocenters. The van der Waals surface area contributed by atoms with E-state index in [0.717, 1.165) is 0 Å². The zero-order valence-corrected chi connectivity index (χ0v) is 9.92. The Morgan fingerprint density at radius 2 is 2.11 bits per heavy atom. The number of halogens is 3. The quantitative estimate of drug-likeness (QED) is 0.764. The summed E-state index contributed by atoms with van der Waals surface area (Å²) in [6.45, 7) is -0.932. The molecule has 1 aliphatic rings. The summed E-state index contributed by atoms with van der Waals surface area (Å²) in [6.07, 6.45) is -3.29. The van der Waals surface area contributed by atoms with Crippen molar-refractivity contribution in [1.82, 2.24) is 10.2 Å². The summed E-state index contributed by atoms with van der Waals surface area (Å²) in [6, 6.07) is -0.805. The molecule has 0 aromatic carbocycles. The molecule has 0 saturated carbocycles. The Morgan fingerprint density at radius 3 is 2.67 bits per heavy atom. The number of rotatable bonds is 2. The highest BCUT2D eigenvalue weighted by molar-refractivity contribution is 5.77. The molecule has 18 heavy (non-hydrogen) atoms. The Balaban J connectivity index is 2.46. The Labute approximate surface area is 102 Å². The van der Waals surface area contributed by atoms with Crippen LogP contribution in [-0.2, 0) is 9.53 Å². The van der Waals surface area contributed by atoms with Gasteiger partial charge in [0.25, 0.3) is 0 Å². The van der Waals surface area contributed by atoms with Crippen molar-refractivity contribution in [2.24, 2.45) is 5.92 Å². The van der Waals surface area contributed by atoms with E-state index in [0.29, 0.717) is 19.4 Å². The summed E-state index contributed by atoms with van der Waals surface area (Å²) in [5.41, 5.74) is 0. The summed E-state index contributed by atoms with van der Waals surface area (Å²) in [7, 11) is 1.24. The van der Waals surface area contributed by atoms with Crippen molar-refractivity contribution >= 4 is 12.0 Å². The van der Waals surface area contributed by atoms with Crippen LogP contribution in [-0.4, -0.2) is 49.8 Å². The third-order valence-electron chi connectivity index (χ3n) is 2.68. The van der Waals surface area contributed by atoms with Gasteiger partial charge in [0, 0.05) is 13.1 Å². The highest BCUT2D eigenvalue weighted by Gasteiger charge is 2.32. The first-order chi connectivity index (χ1) is 8.33. The third kappa shape index (κ3) is 4.42. The first kappa shape index (κ1) is 14.6. The fourth-order valence-corrected chi connectivity index (χ4v) is 1.81. The summed E-state index contributed by atoms with van der Waals surface area (Å²) in [5.74, 6) is -0.899. The van der Waals surface area contributed by atoms with Gasteiger partial charge in [-0.1, -0.05) is 0 Å². The van der Waals surface area contributed by atoms with Crippen LogP contribution in [0.25, 0.3) is 0 Å². The van der Waals surface area contributed by atoms with Gasteiger partial charge in [0.05, 0.1) is 13.0 Å². The molecule has 0 aromatic heterocycles. The summed E-state index contributed by atoms with van der Waals surface area (Å²) >= 11 is 0. The Hall–Kier alpha value is -1.47. The first-order valence-corrected chi connectivity index (χ1v) is 5.51. The molecule has 0 radical (unpaired) electrons. The van der Waals surface area contributed by atoms with Crippen molar-refractivity contribution in [3.8, 4) is 0 Å². The van der Waals surface area contributed by atoms with Crippen LogP contribution < -0.4 is 5.32 Å². The second kappa shape index (κ2) is 5.92. The predicted octanol–water partition coefficient (Wildman–Crippen LogP) is 1.14. The van der Waals surface area contributed by atoms with E-state index < -0.39 is 30.6 Å². The molecule has 1 rings (SSSR count). The molecule has 0 aromatic rings. The second-order valence-electron chi connectivity index (χ2n) is 4.08. The predicted molar refractivity (Wildman–Crippen MR) is 55.8 cm³/mol. The number of hydrogen-bond donors (Lipinski definition) is 1. The Bertz CT molecular complexity index is 320. The molecule has 104 valence electrons. The highest BCUT2D eigenvalue weighted by atomic mass is 19.4. The average Bonchev–Trinajstić information content (AvgIpc) is 2.34. The normalized spacial score (nSPS) is 20.4. The molecule has 1 heterocycles. The summed E-state index contributed by atoms with van der Waals surface area (Å²) in [5, 5.41) is 1.78. The number of amides is 2. The van der Waals surface area contributed by atoms with Gasteiger partial charge in [0.15, 0.2) is 0 Å². The zero-order chi connectivity index (χ0) is 13.8. The molecule has 1 atom stereocenters. The number of hydrogen-bond acceptors (Lipinski definition) is 3. The van der Waals surface area contributed by atoms with E-state index in [4.69, 9.17) is 0 Å². The number of ether oxygens (including phenoxy) is 1. The lowest BCUT2D eigenvalue weighted by Gasteiger charge is -2.31. The van der Waals surface area contributed by atoms with E-state index >= 15 is 0 Å². The number of nitrogens with zero attached hydrogens (tertiary/aromatic N) is 1. The molecule has 0 aliphatic carbocycles. The van der Waals surface area contributed by atoms with Crippen LogP contribution in [0.2, 0.25) is 0 Å². The number of esters is 1. The summed E-state index contributed by atoms with van der Waals surface area (Å²) < 4.78 is 40.4. The van der Waals surface area contributed by atoms with E-state index in [1.807, 2.05) is 0 Å². The largest absolute Gasteiger partial charge is 0.469 e. The van der Waals surface area contributed by atoms with Gasteiger partial charge in [-0.25, -0.2) is 4.79 Å². The molecule has 1 aliphatic heterocycles. The smallest absolute Gasteiger partial charge is 0.405 e. The lowest BCUT2D eigenvalue weighted by Crippen LogP contribution is -2.49. The van der Waals surface area contributed by atoms with Crippen molar-refractivity contribution in [1.29, 1.82) is 0 Å². The van der Waals surface area contributed by atoms with Crippen LogP contribution in [0, 0.1) is 5.92 Å². The van der Waals surface area contributed by atoms with Crippen LogP contribution in [0.15, 0.2) is 0 Å². The maximum absolute atomic E-state index is 11.9. The Morgan fingerprint density at radius 1 is 1.44 bits per heavy atom. The third-order valence-corrected chi connectivity index (χ3v) is 2.68. The molecule has 0 bridgehead atoms. The number of carbonyl (C=O) groups is 2. The lowest BCUT2D eigenvalue weighted by atomic mass is 9.98. The fourth-order valence-electron chi connectivity index (χ4n) is 1.81. The van der Waals surface area contributed by atoms with Crippen LogP contribution >= 0.6 is 0 Å². The Kier molecular flexibility index (Phi) is 4.80. The van der Waals surface area contributed by atoms with Gasteiger partial charge in [0.2, 0.25) is 0 Å². The number of urea groups is 1. The van der Waals surface area contributed by atoms with Gasteiger partial charge in [-0.05, 0) is 12.8 Å². The fraction of sp³-hybridized carbons (Fsp3) is 0.800. The first-order valence-electron chi connectivity index (χ1n) is 5.51. The molecule has 5 nitrogen and oxygen atoms in total. The van der Waals surface area contributed by atoms with E-state index in [1.54, 1.807) is 5.32 Å². The van der Waals surface area contributed by atoms with Crippen molar-refractivity contribution in [3.63, 3.8) is 0 Å². The lowest BCUT2D eigenvalue weighted by molar-refractivity contribution is -0.147. The van der Waals surface area contributed by atoms with Crippen LogP contribution in [0.5, 0.6) is 0 Å². The SMILES string of the molecule is COC(=O)[C@H]1CCCN(C(=O)NCC(F)(F)F)C1. The number of likely N-dealkylation sites (tertiary alicyclic amines) is 1. The van der Waals surface area contributed by atoms with Gasteiger partial charge in [-0.3, -0.25) is 4.79 Å². The van der Waals surface area contributed by atoms with Crippen molar-refractivity contribution < 1.29 is 27.5 Å². The second-order valence-corrected chi connectivity index (χ2v) is 4.08. The van der Waals surface area contributed by atoms with E-state index in [-0.39, 0.29) is 6.54 Å². The van der Waals surface area contributed by atoms with Crippen LogP contribution in [0.3, 0.4) is 0 Å². The highest BCUT2D eigenvalue weighted by Crippen LogP contribution is 2.18. The minimum absolute atomic E-state index is 0.0936. The van der Waals surface area contributed by atoms with Gasteiger partial charge >= 0.3 is 18.2 Å². The van der Waals surface area contributed by atoms with Crippen molar-refractivity contribution in [3.05, 3.63) is 0 Å². The molecule has 1 saturated heterocycles. The molecule has 0 spiro atoms. The molecule has 8 heteroatoms. The van der Waals surface area contributed by atoms with E-state index in [2.05, 4.69) is 4.74 Å². The topological polar surface area (TPSA) is 58.6 Å². The minimum Gasteiger partial charge on any atom is -0.469 e. The van der Waals surface area contributed by atoms with E-state index in [1.165, 1.54) is 12.0 Å². The van der Waals surface area contributed by atoms with Crippen molar-refractivity contribution in [2.75, 3.05) is 26.7 Å². The molecular weight excluding hydrogens is 253 g/mol. The molecular formula is C10H15F3N2O3. The van der Waals surface area contributed by atoms with Crippen LogP contribution in [0.1, 0.15) is 12.8 Å². The van der Waals surface area contributed by atoms with Gasteiger partial charge in [-0.2, -0.15) is 13.2 Å². The van der Waals surface area contributed by atoms with Gasteiger partial charge in [0.1, 0.15) is 6.54 Å². The number of carbonyl (C=O) groups excluding carboxylic acids is 2. The van der Waals surface area contributed by atoms with Crippen molar-refractivity contribution in [2.45, 2.75) is 19.0 Å².